The Morgan fingerprint density at radius 1 is 1.21 bits per heavy atom. The van der Waals surface area contributed by atoms with Crippen LogP contribution in [0.3, 0.4) is 0 Å². The van der Waals surface area contributed by atoms with Crippen molar-refractivity contribution in [2.45, 2.75) is 17.6 Å². The number of hydrogen-bond acceptors (Lipinski definition) is 2. The summed E-state index contributed by atoms with van der Waals surface area (Å²) >= 11 is 0.774. The van der Waals surface area contributed by atoms with E-state index in [4.69, 9.17) is 5.73 Å². The van der Waals surface area contributed by atoms with Crippen molar-refractivity contribution in [3.8, 4) is 0 Å². The molecular weight excluding hydrogens is 211 g/mol. The summed E-state index contributed by atoms with van der Waals surface area (Å²) in [7, 11) is 0. The first-order chi connectivity index (χ1) is 6.53. The molecule has 0 spiro atoms. The highest BCUT2D eigenvalue weighted by atomic mass is 32.2. The Kier molecular flexibility index (Phi) is 3.83. The Balaban J connectivity index is 2.67. The van der Waals surface area contributed by atoms with Gasteiger partial charge in [0.05, 0.1) is 5.75 Å². The topological polar surface area (TPSA) is 26.0 Å². The summed E-state index contributed by atoms with van der Waals surface area (Å²) < 4.78 is 35.8. The van der Waals surface area contributed by atoms with Gasteiger partial charge in [-0.1, -0.05) is 18.2 Å². The Hall–Kier alpha value is -0.680. The standard InChI is InChI=1S/C9H10F3NS/c10-9(11,12)6-14-8-4-2-1-3-7(8)5-13/h1-4H,5-6,13H2. The van der Waals surface area contributed by atoms with Gasteiger partial charge in [-0.2, -0.15) is 13.2 Å². The third-order valence-corrected chi connectivity index (χ3v) is 2.76. The van der Waals surface area contributed by atoms with Crippen LogP contribution in [-0.4, -0.2) is 11.9 Å². The maximum atomic E-state index is 11.9. The molecule has 0 fully saturated rings. The van der Waals surface area contributed by atoms with Crippen molar-refractivity contribution in [1.29, 1.82) is 0 Å². The van der Waals surface area contributed by atoms with E-state index < -0.39 is 11.9 Å². The maximum absolute atomic E-state index is 11.9. The van der Waals surface area contributed by atoms with E-state index in [0.29, 0.717) is 4.90 Å². The number of halogens is 3. The SMILES string of the molecule is NCc1ccccc1SCC(F)(F)F. The molecule has 0 saturated carbocycles. The van der Waals surface area contributed by atoms with Crippen molar-refractivity contribution in [3.63, 3.8) is 0 Å². The third-order valence-electron chi connectivity index (χ3n) is 1.58. The number of thioether (sulfide) groups is 1. The molecule has 0 aromatic heterocycles. The lowest BCUT2D eigenvalue weighted by atomic mass is 10.2. The molecule has 0 aliphatic rings. The summed E-state index contributed by atoms with van der Waals surface area (Å²) in [5.41, 5.74) is 6.15. The first-order valence-corrected chi connectivity index (χ1v) is 4.99. The second-order valence-corrected chi connectivity index (χ2v) is 3.73. The molecule has 0 bridgehead atoms. The van der Waals surface area contributed by atoms with Gasteiger partial charge in [-0.3, -0.25) is 0 Å². The predicted molar refractivity (Wildman–Crippen MR) is 51.1 cm³/mol. The zero-order chi connectivity index (χ0) is 10.6. The second kappa shape index (κ2) is 4.70. The lowest BCUT2D eigenvalue weighted by molar-refractivity contribution is -0.105. The lowest BCUT2D eigenvalue weighted by Gasteiger charge is -2.08. The summed E-state index contributed by atoms with van der Waals surface area (Å²) in [4.78, 5) is 0.604. The molecule has 14 heavy (non-hydrogen) atoms. The molecule has 78 valence electrons. The summed E-state index contributed by atoms with van der Waals surface area (Å²) in [6.45, 7) is 0.265. The fraction of sp³-hybridized carbons (Fsp3) is 0.333. The van der Waals surface area contributed by atoms with E-state index in [9.17, 15) is 13.2 Å². The number of benzene rings is 1. The third kappa shape index (κ3) is 3.59. The Morgan fingerprint density at radius 2 is 1.86 bits per heavy atom. The van der Waals surface area contributed by atoms with Crippen LogP contribution < -0.4 is 5.73 Å². The fourth-order valence-electron chi connectivity index (χ4n) is 0.973. The summed E-state index contributed by atoms with van der Waals surface area (Å²) in [6.07, 6.45) is -4.13. The second-order valence-electron chi connectivity index (χ2n) is 2.72. The van der Waals surface area contributed by atoms with Crippen LogP contribution in [0.1, 0.15) is 5.56 Å². The molecule has 5 heteroatoms. The molecule has 0 aliphatic heterocycles. The van der Waals surface area contributed by atoms with Crippen molar-refractivity contribution in [1.82, 2.24) is 0 Å². The first kappa shape index (κ1) is 11.4. The first-order valence-electron chi connectivity index (χ1n) is 4.00. The molecule has 0 heterocycles. The summed E-state index contributed by atoms with van der Waals surface area (Å²) in [5, 5.41) is 0. The average molecular weight is 221 g/mol. The van der Waals surface area contributed by atoms with Gasteiger partial charge in [0.15, 0.2) is 0 Å². The fourth-order valence-corrected chi connectivity index (χ4v) is 1.80. The molecule has 1 aromatic carbocycles. The van der Waals surface area contributed by atoms with Gasteiger partial charge in [-0.15, -0.1) is 11.8 Å². The van der Waals surface area contributed by atoms with E-state index >= 15 is 0 Å². The Bertz CT molecular complexity index is 298. The number of nitrogens with two attached hydrogens (primary N) is 1. The molecule has 0 radical (unpaired) electrons. The maximum Gasteiger partial charge on any atom is 0.398 e. The van der Waals surface area contributed by atoms with Gasteiger partial charge >= 0.3 is 6.18 Å². The minimum Gasteiger partial charge on any atom is -0.326 e. The quantitative estimate of drug-likeness (QED) is 0.794. The molecule has 1 aromatic rings. The zero-order valence-electron chi connectivity index (χ0n) is 7.34. The monoisotopic (exact) mass is 221 g/mol. The smallest absolute Gasteiger partial charge is 0.326 e. The van der Waals surface area contributed by atoms with Crippen LogP contribution in [-0.2, 0) is 6.54 Å². The van der Waals surface area contributed by atoms with E-state index in [-0.39, 0.29) is 6.54 Å². The van der Waals surface area contributed by atoms with Crippen LogP contribution in [0.2, 0.25) is 0 Å². The van der Waals surface area contributed by atoms with Crippen molar-refractivity contribution in [2.24, 2.45) is 5.73 Å². The highest BCUT2D eigenvalue weighted by molar-refractivity contribution is 7.99. The molecule has 0 unspecified atom stereocenters. The van der Waals surface area contributed by atoms with Crippen molar-refractivity contribution < 1.29 is 13.2 Å². The minimum absolute atomic E-state index is 0.265. The molecule has 1 rings (SSSR count). The Labute approximate surface area is 84.5 Å². The van der Waals surface area contributed by atoms with Gasteiger partial charge in [0.25, 0.3) is 0 Å². The van der Waals surface area contributed by atoms with Crippen LogP contribution >= 0.6 is 11.8 Å². The molecular formula is C9H10F3NS. The van der Waals surface area contributed by atoms with Crippen LogP contribution in [0.25, 0.3) is 0 Å². The molecule has 1 nitrogen and oxygen atoms in total. The van der Waals surface area contributed by atoms with E-state index in [1.165, 1.54) is 0 Å². The molecule has 0 atom stereocenters. The van der Waals surface area contributed by atoms with Gasteiger partial charge in [0.1, 0.15) is 0 Å². The molecule has 2 N–H and O–H groups in total. The van der Waals surface area contributed by atoms with Crippen LogP contribution in [0.15, 0.2) is 29.2 Å². The van der Waals surface area contributed by atoms with Crippen molar-refractivity contribution in [3.05, 3.63) is 29.8 Å². The summed E-state index contributed by atoms with van der Waals surface area (Å²) in [6, 6.07) is 6.86. The normalized spacial score (nSPS) is 11.7. The largest absolute Gasteiger partial charge is 0.398 e. The minimum atomic E-state index is -4.13. The average Bonchev–Trinajstić information content (AvgIpc) is 2.14. The summed E-state index contributed by atoms with van der Waals surface area (Å²) in [5.74, 6) is -0.871. The van der Waals surface area contributed by atoms with Gasteiger partial charge in [0, 0.05) is 11.4 Å². The molecule has 0 saturated heterocycles. The van der Waals surface area contributed by atoms with E-state index in [0.717, 1.165) is 17.3 Å². The number of hydrogen-bond donors (Lipinski definition) is 1. The van der Waals surface area contributed by atoms with Gasteiger partial charge in [-0.05, 0) is 11.6 Å². The Morgan fingerprint density at radius 3 is 2.43 bits per heavy atom. The van der Waals surface area contributed by atoms with Gasteiger partial charge < -0.3 is 5.73 Å². The highest BCUT2D eigenvalue weighted by Crippen LogP contribution is 2.29. The van der Waals surface area contributed by atoms with Gasteiger partial charge in [-0.25, -0.2) is 0 Å². The van der Waals surface area contributed by atoms with Crippen molar-refractivity contribution >= 4 is 11.8 Å². The molecule has 0 aliphatic carbocycles. The van der Waals surface area contributed by atoms with Crippen LogP contribution in [0.4, 0.5) is 13.2 Å². The predicted octanol–water partition coefficient (Wildman–Crippen LogP) is 2.80. The van der Waals surface area contributed by atoms with Crippen molar-refractivity contribution in [2.75, 3.05) is 5.75 Å². The van der Waals surface area contributed by atoms with E-state index in [2.05, 4.69) is 0 Å². The number of alkyl halides is 3. The van der Waals surface area contributed by atoms with Crippen LogP contribution in [0.5, 0.6) is 0 Å². The lowest BCUT2D eigenvalue weighted by Crippen LogP contribution is -2.11. The zero-order valence-corrected chi connectivity index (χ0v) is 8.16. The highest BCUT2D eigenvalue weighted by Gasteiger charge is 2.27. The number of rotatable bonds is 3. The van der Waals surface area contributed by atoms with Gasteiger partial charge in [0.2, 0.25) is 0 Å². The van der Waals surface area contributed by atoms with Crippen LogP contribution in [0, 0.1) is 0 Å². The van der Waals surface area contributed by atoms with E-state index in [1.54, 1.807) is 24.3 Å². The van der Waals surface area contributed by atoms with E-state index in [1.807, 2.05) is 0 Å². The molecule has 0 amide bonds.